The first kappa shape index (κ1) is 16.5. The summed E-state index contributed by atoms with van der Waals surface area (Å²) in [7, 11) is 2.03. The van der Waals surface area contributed by atoms with Crippen LogP contribution in [0.3, 0.4) is 0 Å². The molecule has 1 aliphatic carbocycles. The molecular formula is C16H23Cl2NS. The molecule has 1 unspecified atom stereocenters. The normalized spacial score (nSPS) is 18.1. The average molecular weight is 332 g/mol. The van der Waals surface area contributed by atoms with Crippen LogP contribution in [0, 0.1) is 0 Å². The first-order valence-corrected chi connectivity index (χ1v) is 9.23. The van der Waals surface area contributed by atoms with Crippen molar-refractivity contribution in [2.45, 2.75) is 49.8 Å². The highest BCUT2D eigenvalue weighted by Gasteiger charge is 2.17. The Morgan fingerprint density at radius 2 is 2.00 bits per heavy atom. The number of nitrogens with one attached hydrogen (secondary N) is 1. The van der Waals surface area contributed by atoms with Crippen LogP contribution in [-0.4, -0.2) is 24.1 Å². The quantitative estimate of drug-likeness (QED) is 0.769. The van der Waals surface area contributed by atoms with E-state index < -0.39 is 0 Å². The second-order valence-corrected chi connectivity index (χ2v) is 7.61. The maximum atomic E-state index is 6.28. The van der Waals surface area contributed by atoms with Crippen molar-refractivity contribution in [1.29, 1.82) is 0 Å². The van der Waals surface area contributed by atoms with Crippen molar-refractivity contribution in [3.05, 3.63) is 33.8 Å². The Hall–Kier alpha value is 0.110. The molecule has 1 N–H and O–H groups in total. The van der Waals surface area contributed by atoms with Crippen molar-refractivity contribution in [2.24, 2.45) is 0 Å². The number of hydrogen-bond donors (Lipinski definition) is 1. The van der Waals surface area contributed by atoms with Crippen LogP contribution in [0.1, 0.15) is 37.7 Å². The first-order chi connectivity index (χ1) is 9.70. The fourth-order valence-corrected chi connectivity index (χ4v) is 4.55. The van der Waals surface area contributed by atoms with Crippen molar-refractivity contribution in [1.82, 2.24) is 5.32 Å². The van der Waals surface area contributed by atoms with E-state index in [0.29, 0.717) is 16.1 Å². The van der Waals surface area contributed by atoms with Gasteiger partial charge in [-0.1, -0.05) is 54.6 Å². The van der Waals surface area contributed by atoms with Gasteiger partial charge in [-0.3, -0.25) is 0 Å². The summed E-state index contributed by atoms with van der Waals surface area (Å²) < 4.78 is 0. The van der Waals surface area contributed by atoms with Crippen molar-refractivity contribution >= 4 is 35.0 Å². The number of thioether (sulfide) groups is 1. The highest BCUT2D eigenvalue weighted by molar-refractivity contribution is 7.99. The van der Waals surface area contributed by atoms with E-state index in [2.05, 4.69) is 23.1 Å². The Morgan fingerprint density at radius 3 is 2.70 bits per heavy atom. The van der Waals surface area contributed by atoms with Gasteiger partial charge in [0.05, 0.1) is 10.0 Å². The minimum Gasteiger partial charge on any atom is -0.316 e. The Bertz CT molecular complexity index is 419. The summed E-state index contributed by atoms with van der Waals surface area (Å²) in [5, 5.41) is 5.63. The molecule has 0 aromatic heterocycles. The van der Waals surface area contributed by atoms with Gasteiger partial charge in [0, 0.05) is 17.0 Å². The van der Waals surface area contributed by atoms with Crippen molar-refractivity contribution in [2.75, 3.05) is 12.8 Å². The molecule has 0 bridgehead atoms. The molecule has 20 heavy (non-hydrogen) atoms. The minimum absolute atomic E-state index is 0.456. The molecule has 2 rings (SSSR count). The zero-order valence-electron chi connectivity index (χ0n) is 12.0. The van der Waals surface area contributed by atoms with Crippen molar-refractivity contribution < 1.29 is 0 Å². The van der Waals surface area contributed by atoms with E-state index in [1.54, 1.807) is 0 Å². The van der Waals surface area contributed by atoms with Crippen molar-refractivity contribution in [3.8, 4) is 0 Å². The second-order valence-electron chi connectivity index (χ2n) is 5.50. The van der Waals surface area contributed by atoms with E-state index in [4.69, 9.17) is 23.2 Å². The largest absolute Gasteiger partial charge is 0.316 e. The summed E-state index contributed by atoms with van der Waals surface area (Å²) in [5.41, 5.74) is 1.14. The standard InChI is InChI=1S/C16H23Cl2NS/c1-19-13(11-20-14-7-3-2-4-8-14)10-12-6-5-9-15(17)16(12)18/h5-6,9,13-14,19H,2-4,7-8,10-11H2,1H3. The topological polar surface area (TPSA) is 12.0 Å². The monoisotopic (exact) mass is 331 g/mol. The predicted molar refractivity (Wildman–Crippen MR) is 92.3 cm³/mol. The van der Waals surface area contributed by atoms with Crippen LogP contribution < -0.4 is 5.32 Å². The van der Waals surface area contributed by atoms with Crippen LogP contribution in [0.4, 0.5) is 0 Å². The van der Waals surface area contributed by atoms with Crippen LogP contribution in [-0.2, 0) is 6.42 Å². The van der Waals surface area contributed by atoms with E-state index in [9.17, 15) is 0 Å². The fraction of sp³-hybridized carbons (Fsp3) is 0.625. The minimum atomic E-state index is 0.456. The van der Waals surface area contributed by atoms with E-state index in [-0.39, 0.29) is 0 Å². The SMILES string of the molecule is CNC(CSC1CCCCC1)Cc1cccc(Cl)c1Cl. The summed E-state index contributed by atoms with van der Waals surface area (Å²) in [4.78, 5) is 0. The van der Waals surface area contributed by atoms with E-state index >= 15 is 0 Å². The number of likely N-dealkylation sites (N-methyl/N-ethyl adjacent to an activating group) is 1. The lowest BCUT2D eigenvalue weighted by Gasteiger charge is -2.24. The van der Waals surface area contributed by atoms with Crippen molar-refractivity contribution in [3.63, 3.8) is 0 Å². The van der Waals surface area contributed by atoms with Crippen LogP contribution in [0.15, 0.2) is 18.2 Å². The number of hydrogen-bond acceptors (Lipinski definition) is 2. The smallest absolute Gasteiger partial charge is 0.0624 e. The molecule has 1 saturated carbocycles. The number of benzene rings is 1. The number of halogens is 2. The maximum Gasteiger partial charge on any atom is 0.0624 e. The van der Waals surface area contributed by atoms with E-state index in [0.717, 1.165) is 23.0 Å². The lowest BCUT2D eigenvalue weighted by Crippen LogP contribution is -2.31. The Kier molecular flexibility index (Phi) is 7.03. The van der Waals surface area contributed by atoms with Gasteiger partial charge in [-0.15, -0.1) is 0 Å². The summed E-state index contributed by atoms with van der Waals surface area (Å²) in [6.45, 7) is 0. The van der Waals surface area contributed by atoms with Gasteiger partial charge < -0.3 is 5.32 Å². The average Bonchev–Trinajstić information content (AvgIpc) is 2.49. The van der Waals surface area contributed by atoms with Crippen LogP contribution in [0.5, 0.6) is 0 Å². The lowest BCUT2D eigenvalue weighted by atomic mass is 10.0. The second kappa shape index (κ2) is 8.53. The molecule has 1 aromatic rings. The molecule has 0 spiro atoms. The van der Waals surface area contributed by atoms with Gasteiger partial charge >= 0.3 is 0 Å². The highest BCUT2D eigenvalue weighted by Crippen LogP contribution is 2.30. The van der Waals surface area contributed by atoms with Gasteiger partial charge in [0.1, 0.15) is 0 Å². The molecule has 1 aromatic carbocycles. The highest BCUT2D eigenvalue weighted by atomic mass is 35.5. The molecule has 1 fully saturated rings. The molecule has 1 atom stereocenters. The third-order valence-electron chi connectivity index (χ3n) is 3.99. The zero-order valence-corrected chi connectivity index (χ0v) is 14.3. The maximum absolute atomic E-state index is 6.28. The van der Waals surface area contributed by atoms with Crippen LogP contribution in [0.2, 0.25) is 10.0 Å². The first-order valence-electron chi connectivity index (χ1n) is 7.42. The molecule has 0 heterocycles. The van der Waals surface area contributed by atoms with Gasteiger partial charge in [-0.05, 0) is 37.9 Å². The molecule has 0 aliphatic heterocycles. The molecule has 1 aliphatic rings. The zero-order chi connectivity index (χ0) is 14.4. The lowest BCUT2D eigenvalue weighted by molar-refractivity contribution is 0.514. The molecule has 0 amide bonds. The van der Waals surface area contributed by atoms with Gasteiger partial charge in [0.15, 0.2) is 0 Å². The Balaban J connectivity index is 1.86. The molecule has 1 nitrogen and oxygen atoms in total. The summed E-state index contributed by atoms with van der Waals surface area (Å²) >= 11 is 14.5. The predicted octanol–water partition coefficient (Wildman–Crippen LogP) is 5.19. The Morgan fingerprint density at radius 1 is 1.25 bits per heavy atom. The molecule has 0 saturated heterocycles. The fourth-order valence-electron chi connectivity index (χ4n) is 2.70. The van der Waals surface area contributed by atoms with E-state index in [1.165, 1.54) is 32.1 Å². The van der Waals surface area contributed by atoms with Gasteiger partial charge in [0.25, 0.3) is 0 Å². The third-order valence-corrected chi connectivity index (χ3v) is 6.39. The molecular weight excluding hydrogens is 309 g/mol. The van der Waals surface area contributed by atoms with E-state index in [1.807, 2.05) is 19.2 Å². The van der Waals surface area contributed by atoms with Crippen LogP contribution >= 0.6 is 35.0 Å². The summed E-state index contributed by atoms with van der Waals surface area (Å²) in [6, 6.07) is 6.35. The third kappa shape index (κ3) is 4.84. The van der Waals surface area contributed by atoms with Crippen LogP contribution in [0.25, 0.3) is 0 Å². The summed E-state index contributed by atoms with van der Waals surface area (Å²) in [5.74, 6) is 1.14. The van der Waals surface area contributed by atoms with Gasteiger partial charge in [0.2, 0.25) is 0 Å². The van der Waals surface area contributed by atoms with Gasteiger partial charge in [-0.25, -0.2) is 0 Å². The molecule has 0 radical (unpaired) electrons. The Labute approximate surface area is 136 Å². The molecule has 112 valence electrons. The van der Waals surface area contributed by atoms with Gasteiger partial charge in [-0.2, -0.15) is 11.8 Å². The molecule has 4 heteroatoms. The number of rotatable bonds is 6. The summed E-state index contributed by atoms with van der Waals surface area (Å²) in [6.07, 6.45) is 7.95.